The van der Waals surface area contributed by atoms with Gasteiger partial charge in [-0.05, 0) is 12.8 Å². The molecule has 0 amide bonds. The molecule has 1 saturated carbocycles. The van der Waals surface area contributed by atoms with Crippen LogP contribution in [0.1, 0.15) is 25.7 Å². The second-order valence-electron chi connectivity index (χ2n) is 4.77. The zero-order valence-electron chi connectivity index (χ0n) is 10.2. The van der Waals surface area contributed by atoms with Crippen molar-refractivity contribution >= 4 is 11.7 Å². The predicted octanol–water partition coefficient (Wildman–Crippen LogP) is 0.172. The molecule has 2 rings (SSSR count). The third kappa shape index (κ3) is 4.16. The van der Waals surface area contributed by atoms with E-state index in [0.29, 0.717) is 19.0 Å². The summed E-state index contributed by atoms with van der Waals surface area (Å²) in [5, 5.41) is 22.9. The normalized spacial score (nSPS) is 19.9. The van der Waals surface area contributed by atoms with Gasteiger partial charge in [-0.15, -0.1) is 4.37 Å². The highest BCUT2D eigenvalue weighted by molar-refractivity contribution is 6.99. The Morgan fingerprint density at radius 2 is 2.28 bits per heavy atom. The van der Waals surface area contributed by atoms with Crippen LogP contribution < -0.4 is 10.1 Å². The van der Waals surface area contributed by atoms with Gasteiger partial charge in [0.05, 0.1) is 17.3 Å². The fraction of sp³-hybridized carbons (Fsp3) is 0.818. The Morgan fingerprint density at radius 1 is 1.50 bits per heavy atom. The molecule has 6 nitrogen and oxygen atoms in total. The van der Waals surface area contributed by atoms with E-state index in [0.717, 1.165) is 37.4 Å². The Hall–Kier alpha value is -0.760. The molecular formula is C11H19N3O3S. The maximum atomic E-state index is 10.1. The first-order chi connectivity index (χ1) is 8.68. The minimum atomic E-state index is -0.614. The van der Waals surface area contributed by atoms with Gasteiger partial charge in [0.25, 0.3) is 0 Å². The highest BCUT2D eigenvalue weighted by Gasteiger charge is 2.30. The van der Waals surface area contributed by atoms with Crippen LogP contribution in [0, 0.1) is 0 Å². The number of aromatic nitrogens is 2. The molecule has 0 bridgehead atoms. The van der Waals surface area contributed by atoms with Crippen LogP contribution in [0.2, 0.25) is 0 Å². The lowest BCUT2D eigenvalue weighted by Gasteiger charge is -2.23. The number of rotatable bonds is 7. The summed E-state index contributed by atoms with van der Waals surface area (Å²) < 4.78 is 12.9. The Kier molecular flexibility index (Phi) is 4.87. The van der Waals surface area contributed by atoms with Gasteiger partial charge in [-0.2, -0.15) is 4.37 Å². The molecular weight excluding hydrogens is 254 g/mol. The Morgan fingerprint density at radius 3 is 2.94 bits per heavy atom. The van der Waals surface area contributed by atoms with Crippen LogP contribution in [0.5, 0.6) is 5.88 Å². The summed E-state index contributed by atoms with van der Waals surface area (Å²) in [6.07, 6.45) is 4.76. The summed E-state index contributed by atoms with van der Waals surface area (Å²) in [5.41, 5.74) is -0.584. The molecule has 1 atom stereocenters. The van der Waals surface area contributed by atoms with Crippen LogP contribution >= 0.6 is 11.7 Å². The zero-order chi connectivity index (χ0) is 12.8. The molecule has 1 aromatic heterocycles. The molecule has 1 heterocycles. The first-order valence-electron chi connectivity index (χ1n) is 6.19. The summed E-state index contributed by atoms with van der Waals surface area (Å²) in [6, 6.07) is 0. The lowest BCUT2D eigenvalue weighted by atomic mass is 10.0. The van der Waals surface area contributed by atoms with Gasteiger partial charge in [-0.1, -0.05) is 12.8 Å². The first kappa shape index (κ1) is 13.7. The van der Waals surface area contributed by atoms with Crippen molar-refractivity contribution in [1.29, 1.82) is 0 Å². The molecule has 0 saturated heterocycles. The van der Waals surface area contributed by atoms with Gasteiger partial charge >= 0.3 is 0 Å². The second-order valence-corrected chi connectivity index (χ2v) is 5.33. The fourth-order valence-corrected chi connectivity index (χ4v) is 2.51. The fourth-order valence-electron chi connectivity index (χ4n) is 2.14. The third-order valence-corrected chi connectivity index (χ3v) is 3.59. The standard InChI is InChI=1S/C11H19N3O3S/c15-9(7-17-10-6-13-18-14-10)5-12-8-11(16)3-1-2-4-11/h6,9,12,15-16H,1-5,7-8H2. The number of nitrogens with one attached hydrogen (secondary N) is 1. The van der Waals surface area contributed by atoms with Crippen molar-refractivity contribution in [1.82, 2.24) is 14.1 Å². The van der Waals surface area contributed by atoms with Crippen molar-refractivity contribution in [2.45, 2.75) is 37.4 Å². The Balaban J connectivity index is 1.58. The number of hydrogen-bond acceptors (Lipinski definition) is 7. The van der Waals surface area contributed by atoms with E-state index < -0.39 is 11.7 Å². The molecule has 0 spiro atoms. The van der Waals surface area contributed by atoms with E-state index in [1.807, 2.05) is 0 Å². The van der Waals surface area contributed by atoms with E-state index in [1.54, 1.807) is 0 Å². The van der Waals surface area contributed by atoms with Crippen molar-refractivity contribution in [2.75, 3.05) is 19.7 Å². The highest BCUT2D eigenvalue weighted by atomic mass is 32.1. The second kappa shape index (κ2) is 6.42. The number of nitrogens with zero attached hydrogens (tertiary/aromatic N) is 2. The molecule has 0 aliphatic heterocycles. The van der Waals surface area contributed by atoms with Crippen LogP contribution in [0.4, 0.5) is 0 Å². The van der Waals surface area contributed by atoms with Crippen molar-refractivity contribution in [2.24, 2.45) is 0 Å². The third-order valence-electron chi connectivity index (χ3n) is 3.13. The van der Waals surface area contributed by atoms with Crippen LogP contribution in [0.3, 0.4) is 0 Å². The monoisotopic (exact) mass is 273 g/mol. The average molecular weight is 273 g/mol. The van der Waals surface area contributed by atoms with Crippen LogP contribution in [-0.4, -0.2) is 50.4 Å². The summed E-state index contributed by atoms with van der Waals surface area (Å²) in [4.78, 5) is 0. The molecule has 1 aliphatic rings. The topological polar surface area (TPSA) is 87.5 Å². The van der Waals surface area contributed by atoms with Gasteiger partial charge in [0.15, 0.2) is 0 Å². The SMILES string of the molecule is OC(CNCC1(O)CCCC1)COc1cnsn1. The molecule has 0 aromatic carbocycles. The summed E-state index contributed by atoms with van der Waals surface area (Å²) >= 11 is 1.07. The van der Waals surface area contributed by atoms with Crippen molar-refractivity contribution in [3.63, 3.8) is 0 Å². The molecule has 1 fully saturated rings. The zero-order valence-corrected chi connectivity index (χ0v) is 11.0. The summed E-state index contributed by atoms with van der Waals surface area (Å²) in [7, 11) is 0. The predicted molar refractivity (Wildman–Crippen MR) is 67.7 cm³/mol. The van der Waals surface area contributed by atoms with Crippen LogP contribution in [0.15, 0.2) is 6.20 Å². The summed E-state index contributed by atoms with van der Waals surface area (Å²) in [5.74, 6) is 0.438. The number of aliphatic hydroxyl groups excluding tert-OH is 1. The van der Waals surface area contributed by atoms with E-state index in [1.165, 1.54) is 6.20 Å². The molecule has 1 aliphatic carbocycles. The molecule has 102 valence electrons. The van der Waals surface area contributed by atoms with E-state index in [2.05, 4.69) is 14.1 Å². The van der Waals surface area contributed by atoms with Crippen LogP contribution in [0.25, 0.3) is 0 Å². The lowest BCUT2D eigenvalue weighted by Crippen LogP contribution is -2.42. The van der Waals surface area contributed by atoms with Crippen molar-refractivity contribution < 1.29 is 14.9 Å². The van der Waals surface area contributed by atoms with Crippen molar-refractivity contribution in [3.8, 4) is 5.88 Å². The van der Waals surface area contributed by atoms with E-state index in [-0.39, 0.29) is 6.61 Å². The average Bonchev–Trinajstić information content (AvgIpc) is 2.98. The quantitative estimate of drug-likeness (QED) is 0.656. The minimum absolute atomic E-state index is 0.177. The minimum Gasteiger partial charge on any atom is -0.473 e. The van der Waals surface area contributed by atoms with Gasteiger partial charge in [0.1, 0.15) is 18.9 Å². The maximum absolute atomic E-state index is 10.1. The van der Waals surface area contributed by atoms with Gasteiger partial charge in [-0.3, -0.25) is 0 Å². The van der Waals surface area contributed by atoms with E-state index >= 15 is 0 Å². The molecule has 3 N–H and O–H groups in total. The van der Waals surface area contributed by atoms with Gasteiger partial charge in [-0.25, -0.2) is 0 Å². The molecule has 1 aromatic rings. The lowest BCUT2D eigenvalue weighted by molar-refractivity contribution is 0.0404. The number of ether oxygens (including phenoxy) is 1. The molecule has 18 heavy (non-hydrogen) atoms. The van der Waals surface area contributed by atoms with Gasteiger partial charge < -0.3 is 20.3 Å². The summed E-state index contributed by atoms with van der Waals surface area (Å²) in [6.45, 7) is 1.11. The van der Waals surface area contributed by atoms with E-state index in [4.69, 9.17) is 4.74 Å². The van der Waals surface area contributed by atoms with Gasteiger partial charge in [0, 0.05) is 13.1 Å². The Bertz CT molecular complexity index is 341. The largest absolute Gasteiger partial charge is 0.473 e. The van der Waals surface area contributed by atoms with E-state index in [9.17, 15) is 10.2 Å². The van der Waals surface area contributed by atoms with Gasteiger partial charge in [0.2, 0.25) is 5.88 Å². The number of hydrogen-bond donors (Lipinski definition) is 3. The van der Waals surface area contributed by atoms with Crippen LogP contribution in [-0.2, 0) is 0 Å². The molecule has 1 unspecified atom stereocenters. The molecule has 0 radical (unpaired) electrons. The van der Waals surface area contributed by atoms with Crippen molar-refractivity contribution in [3.05, 3.63) is 6.20 Å². The number of aliphatic hydroxyl groups is 2. The molecule has 7 heteroatoms. The smallest absolute Gasteiger partial charge is 0.245 e. The maximum Gasteiger partial charge on any atom is 0.245 e. The first-order valence-corrected chi connectivity index (χ1v) is 6.92. The highest BCUT2D eigenvalue weighted by Crippen LogP contribution is 2.28. The Labute approximate surface area is 110 Å².